The van der Waals surface area contributed by atoms with Gasteiger partial charge in [0.25, 0.3) is 0 Å². The molecule has 6 heteroatoms. The largest absolute Gasteiger partial charge is 0.496 e. The second-order valence-corrected chi connectivity index (χ2v) is 6.69. The number of carbonyl (C=O) groups excluding carboxylic acids is 1. The summed E-state index contributed by atoms with van der Waals surface area (Å²) in [5.74, 6) is 1.87. The summed E-state index contributed by atoms with van der Waals surface area (Å²) >= 11 is 0. The summed E-state index contributed by atoms with van der Waals surface area (Å²) in [6.45, 7) is 6.34. The number of nitrogens with one attached hydrogen (secondary N) is 3. The van der Waals surface area contributed by atoms with E-state index in [4.69, 9.17) is 4.74 Å². The molecule has 144 valence electrons. The fourth-order valence-electron chi connectivity index (χ4n) is 2.64. The van der Waals surface area contributed by atoms with Crippen LogP contribution in [-0.4, -0.2) is 44.7 Å². The molecule has 1 saturated carbocycles. The van der Waals surface area contributed by atoms with Crippen LogP contribution in [0.3, 0.4) is 0 Å². The number of hydrogen-bond acceptors (Lipinski definition) is 3. The Kier molecular flexibility index (Phi) is 8.25. The van der Waals surface area contributed by atoms with Crippen molar-refractivity contribution in [2.75, 3.05) is 26.7 Å². The van der Waals surface area contributed by atoms with Crippen molar-refractivity contribution in [2.24, 2.45) is 4.99 Å². The quantitative estimate of drug-likeness (QED) is 0.340. The lowest BCUT2D eigenvalue weighted by Gasteiger charge is -2.12. The van der Waals surface area contributed by atoms with Crippen molar-refractivity contribution in [3.8, 4) is 5.75 Å². The van der Waals surface area contributed by atoms with Crippen molar-refractivity contribution in [3.63, 3.8) is 0 Å². The molecule has 0 bridgehead atoms. The Morgan fingerprint density at radius 1 is 1.31 bits per heavy atom. The molecular formula is C20H32N4O2. The number of benzene rings is 1. The molecule has 1 fully saturated rings. The molecule has 2 rings (SSSR count). The average Bonchev–Trinajstić information content (AvgIpc) is 3.44. The van der Waals surface area contributed by atoms with Gasteiger partial charge in [0, 0.05) is 32.1 Å². The van der Waals surface area contributed by atoms with E-state index in [1.54, 1.807) is 7.11 Å². The fraction of sp³-hybridized carbons (Fsp3) is 0.600. The predicted molar refractivity (Wildman–Crippen MR) is 106 cm³/mol. The molecule has 0 atom stereocenters. The highest BCUT2D eigenvalue weighted by molar-refractivity contribution is 5.80. The summed E-state index contributed by atoms with van der Waals surface area (Å²) in [7, 11) is 1.70. The number of aliphatic imine (C=N–C) groups is 1. The second kappa shape index (κ2) is 10.7. The molecule has 1 aromatic carbocycles. The third-order valence-corrected chi connectivity index (χ3v) is 4.30. The van der Waals surface area contributed by atoms with Gasteiger partial charge >= 0.3 is 0 Å². The third kappa shape index (κ3) is 7.33. The number of hydrogen-bond donors (Lipinski definition) is 3. The molecule has 1 aromatic rings. The highest BCUT2D eigenvalue weighted by Gasteiger charge is 2.22. The highest BCUT2D eigenvalue weighted by atomic mass is 16.5. The summed E-state index contributed by atoms with van der Waals surface area (Å²) in [6, 6.07) is 6.73. The Morgan fingerprint density at radius 2 is 2.12 bits per heavy atom. The van der Waals surface area contributed by atoms with E-state index in [0.29, 0.717) is 19.0 Å². The molecule has 26 heavy (non-hydrogen) atoms. The molecule has 0 aliphatic heterocycles. The SMILES string of the molecule is CCNC(=NCCCC(=O)NC1CC1)NCCc1ccc(C)c(OC)c1. The van der Waals surface area contributed by atoms with Gasteiger partial charge in [0.15, 0.2) is 5.96 Å². The first-order valence-corrected chi connectivity index (χ1v) is 9.57. The van der Waals surface area contributed by atoms with Gasteiger partial charge in [-0.1, -0.05) is 12.1 Å². The van der Waals surface area contributed by atoms with Crippen LogP contribution >= 0.6 is 0 Å². The lowest BCUT2D eigenvalue weighted by atomic mass is 10.1. The average molecular weight is 361 g/mol. The standard InChI is InChI=1S/C20H32N4O2/c1-4-21-20(22-12-5-6-19(25)24-17-9-10-17)23-13-11-16-8-7-15(2)18(14-16)26-3/h7-8,14,17H,4-6,9-13H2,1-3H3,(H,24,25)(H2,21,22,23). The number of carbonyl (C=O) groups is 1. The van der Waals surface area contributed by atoms with E-state index < -0.39 is 0 Å². The molecule has 1 amide bonds. The van der Waals surface area contributed by atoms with E-state index in [-0.39, 0.29) is 5.91 Å². The molecule has 0 aromatic heterocycles. The lowest BCUT2D eigenvalue weighted by Crippen LogP contribution is -2.38. The zero-order valence-electron chi connectivity index (χ0n) is 16.2. The Bertz CT molecular complexity index is 612. The molecule has 0 spiro atoms. The van der Waals surface area contributed by atoms with Crippen molar-refractivity contribution < 1.29 is 9.53 Å². The summed E-state index contributed by atoms with van der Waals surface area (Å²) in [5, 5.41) is 9.60. The van der Waals surface area contributed by atoms with E-state index in [2.05, 4.69) is 39.1 Å². The molecule has 1 aliphatic carbocycles. The van der Waals surface area contributed by atoms with E-state index in [1.165, 1.54) is 5.56 Å². The number of ether oxygens (including phenoxy) is 1. The minimum absolute atomic E-state index is 0.147. The van der Waals surface area contributed by atoms with Crippen LogP contribution in [0.5, 0.6) is 5.75 Å². The number of amides is 1. The van der Waals surface area contributed by atoms with Crippen LogP contribution in [0.15, 0.2) is 23.2 Å². The minimum Gasteiger partial charge on any atom is -0.496 e. The Balaban J connectivity index is 1.71. The van der Waals surface area contributed by atoms with Crippen LogP contribution in [0.4, 0.5) is 0 Å². The first-order chi connectivity index (χ1) is 12.6. The van der Waals surface area contributed by atoms with Gasteiger partial charge in [-0.25, -0.2) is 0 Å². The molecule has 0 unspecified atom stereocenters. The molecule has 0 heterocycles. The maximum Gasteiger partial charge on any atom is 0.220 e. The van der Waals surface area contributed by atoms with Crippen LogP contribution < -0.4 is 20.7 Å². The van der Waals surface area contributed by atoms with Gasteiger partial charge in [-0.2, -0.15) is 0 Å². The molecule has 3 N–H and O–H groups in total. The number of nitrogens with zero attached hydrogens (tertiary/aromatic N) is 1. The number of guanidine groups is 1. The summed E-state index contributed by atoms with van der Waals surface area (Å²) in [5.41, 5.74) is 2.37. The van der Waals surface area contributed by atoms with Gasteiger partial charge in [-0.15, -0.1) is 0 Å². The molecule has 0 saturated heterocycles. The summed E-state index contributed by atoms with van der Waals surface area (Å²) in [4.78, 5) is 16.2. The van der Waals surface area contributed by atoms with Gasteiger partial charge in [-0.05, 0) is 56.7 Å². The summed E-state index contributed by atoms with van der Waals surface area (Å²) in [6.07, 6.45) is 4.47. The number of methoxy groups -OCH3 is 1. The third-order valence-electron chi connectivity index (χ3n) is 4.30. The van der Waals surface area contributed by atoms with Crippen molar-refractivity contribution in [3.05, 3.63) is 29.3 Å². The maximum absolute atomic E-state index is 11.7. The van der Waals surface area contributed by atoms with Crippen molar-refractivity contribution in [2.45, 2.75) is 52.0 Å². The van der Waals surface area contributed by atoms with E-state index >= 15 is 0 Å². The number of aryl methyl sites for hydroxylation is 1. The van der Waals surface area contributed by atoms with Crippen molar-refractivity contribution >= 4 is 11.9 Å². The van der Waals surface area contributed by atoms with E-state index in [9.17, 15) is 4.79 Å². The lowest BCUT2D eigenvalue weighted by molar-refractivity contribution is -0.121. The summed E-state index contributed by atoms with van der Waals surface area (Å²) < 4.78 is 5.38. The van der Waals surface area contributed by atoms with E-state index in [0.717, 1.165) is 56.0 Å². The van der Waals surface area contributed by atoms with E-state index in [1.807, 2.05) is 13.8 Å². The number of rotatable bonds is 10. The van der Waals surface area contributed by atoms with Crippen LogP contribution in [0.1, 0.15) is 43.7 Å². The normalized spacial score (nSPS) is 14.0. The first kappa shape index (κ1) is 20.1. The topological polar surface area (TPSA) is 74.8 Å². The Labute approximate surface area is 156 Å². The van der Waals surface area contributed by atoms with Crippen LogP contribution in [0.25, 0.3) is 0 Å². The maximum atomic E-state index is 11.7. The van der Waals surface area contributed by atoms with Crippen LogP contribution in [0, 0.1) is 6.92 Å². The second-order valence-electron chi connectivity index (χ2n) is 6.69. The van der Waals surface area contributed by atoms with Crippen molar-refractivity contribution in [1.82, 2.24) is 16.0 Å². The Hall–Kier alpha value is -2.24. The predicted octanol–water partition coefficient (Wildman–Crippen LogP) is 2.16. The van der Waals surface area contributed by atoms with Gasteiger partial charge in [0.05, 0.1) is 7.11 Å². The molecule has 1 aliphatic rings. The Morgan fingerprint density at radius 3 is 2.81 bits per heavy atom. The fourth-order valence-corrected chi connectivity index (χ4v) is 2.64. The highest BCUT2D eigenvalue weighted by Crippen LogP contribution is 2.19. The van der Waals surface area contributed by atoms with Gasteiger partial charge in [0.2, 0.25) is 5.91 Å². The monoisotopic (exact) mass is 360 g/mol. The van der Waals surface area contributed by atoms with Crippen LogP contribution in [-0.2, 0) is 11.2 Å². The first-order valence-electron chi connectivity index (χ1n) is 9.57. The smallest absolute Gasteiger partial charge is 0.220 e. The van der Waals surface area contributed by atoms with Gasteiger partial charge in [0.1, 0.15) is 5.75 Å². The van der Waals surface area contributed by atoms with Gasteiger partial charge in [-0.3, -0.25) is 9.79 Å². The molecule has 0 radical (unpaired) electrons. The van der Waals surface area contributed by atoms with Crippen molar-refractivity contribution in [1.29, 1.82) is 0 Å². The molecular weight excluding hydrogens is 328 g/mol. The zero-order chi connectivity index (χ0) is 18.8. The molecule has 6 nitrogen and oxygen atoms in total. The van der Waals surface area contributed by atoms with Crippen LogP contribution in [0.2, 0.25) is 0 Å². The zero-order valence-corrected chi connectivity index (χ0v) is 16.2. The minimum atomic E-state index is 0.147. The van der Waals surface area contributed by atoms with Gasteiger partial charge < -0.3 is 20.7 Å².